The second-order valence-electron chi connectivity index (χ2n) is 5.21. The van der Waals surface area contributed by atoms with Crippen LogP contribution in [-0.4, -0.2) is 20.1 Å². The minimum atomic E-state index is -0.264. The van der Waals surface area contributed by atoms with Crippen LogP contribution in [0.2, 0.25) is 5.82 Å². The van der Waals surface area contributed by atoms with Crippen LogP contribution in [0.4, 0.5) is 0 Å². The number of primary amides is 1. The van der Waals surface area contributed by atoms with Gasteiger partial charge < -0.3 is 16.1 Å². The normalized spacial score (nSPS) is 21.4. The molecule has 1 atom stereocenters. The van der Waals surface area contributed by atoms with Crippen LogP contribution in [0.1, 0.15) is 45.4 Å². The molecule has 1 fully saturated rings. The van der Waals surface area contributed by atoms with Crippen molar-refractivity contribution >= 4 is 13.4 Å². The van der Waals surface area contributed by atoms with Crippen LogP contribution in [0, 0.1) is 5.41 Å². The van der Waals surface area contributed by atoms with Gasteiger partial charge >= 0.3 is 0 Å². The molecule has 1 rings (SSSR count). The van der Waals surface area contributed by atoms with E-state index in [-0.39, 0.29) is 23.9 Å². The number of amides is 1. The molecule has 1 amide bonds. The van der Waals surface area contributed by atoms with Crippen molar-refractivity contribution in [3.63, 3.8) is 0 Å². The van der Waals surface area contributed by atoms with Gasteiger partial charge in [0.2, 0.25) is 5.91 Å². The Hall–Kier alpha value is -0.545. The predicted octanol–water partition coefficient (Wildman–Crippen LogP) is 0.905. The van der Waals surface area contributed by atoms with Gasteiger partial charge in [-0.15, -0.1) is 0 Å². The van der Waals surface area contributed by atoms with Gasteiger partial charge in [0.15, 0.2) is 0 Å². The van der Waals surface area contributed by atoms with Crippen molar-refractivity contribution in [2.24, 2.45) is 16.9 Å². The molecule has 5 heteroatoms. The smallest absolute Gasteiger partial charge is 0.289 e. The average Bonchev–Trinajstić information content (AvgIpc) is 2.25. The molecule has 1 aliphatic carbocycles. The molecule has 1 aliphatic rings. The van der Waals surface area contributed by atoms with E-state index in [1.807, 2.05) is 0 Å². The summed E-state index contributed by atoms with van der Waals surface area (Å²) in [6.45, 7) is 2.41. The highest BCUT2D eigenvalue weighted by Crippen LogP contribution is 2.42. The van der Waals surface area contributed by atoms with Crippen LogP contribution in [0.5, 0.6) is 0 Å². The molecule has 1 unspecified atom stereocenters. The predicted molar refractivity (Wildman–Crippen MR) is 66.0 cm³/mol. The van der Waals surface area contributed by atoms with Crippen LogP contribution in [-0.2, 0) is 9.45 Å². The van der Waals surface area contributed by atoms with Gasteiger partial charge in [-0.25, -0.2) is 0 Å². The van der Waals surface area contributed by atoms with E-state index in [0.717, 1.165) is 6.42 Å². The lowest BCUT2D eigenvalue weighted by Gasteiger charge is -2.35. The lowest BCUT2D eigenvalue weighted by molar-refractivity contribution is -0.118. The second kappa shape index (κ2) is 6.25. The summed E-state index contributed by atoms with van der Waals surface area (Å²) < 4.78 is 5.12. The number of nitrogens with two attached hydrogens (primary N) is 2. The maximum absolute atomic E-state index is 11.3. The van der Waals surface area contributed by atoms with E-state index in [2.05, 4.69) is 6.92 Å². The molecule has 0 aromatic carbocycles. The SMILES string of the molecule is CC1(CC(BOCN)C(N)=O)CCCCC1. The van der Waals surface area contributed by atoms with Crippen molar-refractivity contribution < 1.29 is 9.45 Å². The minimum absolute atomic E-state index is 0.153. The Morgan fingerprint density at radius 2 is 2.06 bits per heavy atom. The lowest BCUT2D eigenvalue weighted by Crippen LogP contribution is -2.32. The van der Waals surface area contributed by atoms with Gasteiger partial charge in [-0.05, 0) is 24.7 Å². The molecule has 0 aromatic heterocycles. The molecule has 1 saturated carbocycles. The third-order valence-electron chi connectivity index (χ3n) is 3.64. The topological polar surface area (TPSA) is 78.3 Å². The first-order valence-corrected chi connectivity index (χ1v) is 6.14. The Labute approximate surface area is 98.4 Å². The molecular weight excluding hydrogens is 203 g/mol. The van der Waals surface area contributed by atoms with E-state index in [9.17, 15) is 4.79 Å². The van der Waals surface area contributed by atoms with Crippen molar-refractivity contribution in [2.75, 3.05) is 6.73 Å². The van der Waals surface area contributed by atoms with Gasteiger partial charge in [0.05, 0.1) is 6.73 Å². The summed E-state index contributed by atoms with van der Waals surface area (Å²) >= 11 is 0. The molecule has 92 valence electrons. The largest absolute Gasteiger partial charge is 0.427 e. The van der Waals surface area contributed by atoms with E-state index in [0.29, 0.717) is 7.48 Å². The van der Waals surface area contributed by atoms with Crippen LogP contribution >= 0.6 is 0 Å². The van der Waals surface area contributed by atoms with Gasteiger partial charge in [-0.1, -0.05) is 26.2 Å². The van der Waals surface area contributed by atoms with Crippen molar-refractivity contribution in [3.05, 3.63) is 0 Å². The van der Waals surface area contributed by atoms with Gasteiger partial charge in [-0.3, -0.25) is 4.79 Å². The van der Waals surface area contributed by atoms with Gasteiger partial charge in [-0.2, -0.15) is 0 Å². The Morgan fingerprint density at radius 3 is 2.56 bits per heavy atom. The molecule has 4 N–H and O–H groups in total. The number of carbonyl (C=O) groups excluding carboxylic acids is 1. The zero-order valence-electron chi connectivity index (χ0n) is 10.2. The fourth-order valence-electron chi connectivity index (χ4n) is 2.66. The monoisotopic (exact) mass is 226 g/mol. The summed E-state index contributed by atoms with van der Waals surface area (Å²) in [5.41, 5.74) is 10.9. The van der Waals surface area contributed by atoms with Crippen molar-refractivity contribution in [2.45, 2.75) is 51.3 Å². The van der Waals surface area contributed by atoms with Gasteiger partial charge in [0, 0.05) is 5.82 Å². The van der Waals surface area contributed by atoms with Crippen LogP contribution in [0.15, 0.2) is 0 Å². The van der Waals surface area contributed by atoms with Crippen LogP contribution in [0.3, 0.4) is 0 Å². The zero-order chi connectivity index (χ0) is 12.0. The molecule has 0 saturated heterocycles. The van der Waals surface area contributed by atoms with E-state index in [4.69, 9.17) is 16.1 Å². The number of rotatable bonds is 6. The van der Waals surface area contributed by atoms with Crippen LogP contribution in [0.25, 0.3) is 0 Å². The number of hydrogen-bond acceptors (Lipinski definition) is 3. The highest BCUT2D eigenvalue weighted by Gasteiger charge is 2.32. The number of hydrogen-bond donors (Lipinski definition) is 2. The van der Waals surface area contributed by atoms with Crippen molar-refractivity contribution in [1.29, 1.82) is 0 Å². The fraction of sp³-hybridized carbons (Fsp3) is 0.909. The summed E-state index contributed by atoms with van der Waals surface area (Å²) in [5.74, 6) is -0.452. The van der Waals surface area contributed by atoms with Crippen LogP contribution < -0.4 is 11.5 Å². The zero-order valence-corrected chi connectivity index (χ0v) is 10.2. The van der Waals surface area contributed by atoms with E-state index < -0.39 is 0 Å². The third-order valence-corrected chi connectivity index (χ3v) is 3.64. The Kier molecular flexibility index (Phi) is 5.28. The highest BCUT2D eigenvalue weighted by molar-refractivity contribution is 6.37. The molecule has 0 radical (unpaired) electrons. The highest BCUT2D eigenvalue weighted by atomic mass is 16.4. The summed E-state index contributed by atoms with van der Waals surface area (Å²) in [6.07, 6.45) is 7.07. The molecule has 0 bridgehead atoms. The van der Waals surface area contributed by atoms with E-state index >= 15 is 0 Å². The molecule has 0 aliphatic heterocycles. The molecule has 0 heterocycles. The molecule has 4 nitrogen and oxygen atoms in total. The average molecular weight is 226 g/mol. The minimum Gasteiger partial charge on any atom is -0.427 e. The first-order chi connectivity index (χ1) is 7.57. The third kappa shape index (κ3) is 4.14. The lowest BCUT2D eigenvalue weighted by atomic mass is 9.64. The Bertz CT molecular complexity index is 230. The van der Waals surface area contributed by atoms with Gasteiger partial charge in [0.25, 0.3) is 7.48 Å². The fourth-order valence-corrected chi connectivity index (χ4v) is 2.66. The summed E-state index contributed by atoms with van der Waals surface area (Å²) in [5, 5.41) is 0. The molecule has 16 heavy (non-hydrogen) atoms. The first kappa shape index (κ1) is 13.5. The van der Waals surface area contributed by atoms with Crippen molar-refractivity contribution in [1.82, 2.24) is 0 Å². The Balaban J connectivity index is 2.48. The van der Waals surface area contributed by atoms with Gasteiger partial charge in [0.1, 0.15) is 0 Å². The quantitative estimate of drug-likeness (QED) is 0.521. The maximum atomic E-state index is 11.3. The summed E-state index contributed by atoms with van der Waals surface area (Å²) in [4.78, 5) is 11.3. The summed E-state index contributed by atoms with van der Waals surface area (Å²) in [7, 11) is 0.363. The number of carbonyl (C=O) groups is 1. The second-order valence-corrected chi connectivity index (χ2v) is 5.21. The Morgan fingerprint density at radius 1 is 1.44 bits per heavy atom. The van der Waals surface area contributed by atoms with E-state index in [1.54, 1.807) is 0 Å². The molecular formula is C11H23BN2O2. The molecule has 0 aromatic rings. The molecule has 0 spiro atoms. The maximum Gasteiger partial charge on any atom is 0.289 e. The summed E-state index contributed by atoms with van der Waals surface area (Å²) in [6, 6.07) is 0. The van der Waals surface area contributed by atoms with E-state index in [1.165, 1.54) is 32.1 Å². The standard InChI is InChI=1S/C11H23BN2O2/c1-11(5-3-2-4-6-11)7-9(10(14)15)12-16-8-13/h9,12H,2-8,13H2,1H3,(H2,14,15). The van der Waals surface area contributed by atoms with Crippen molar-refractivity contribution in [3.8, 4) is 0 Å². The first-order valence-electron chi connectivity index (χ1n) is 6.14.